The van der Waals surface area contributed by atoms with E-state index in [1.807, 2.05) is 0 Å². The molecule has 0 saturated carbocycles. The van der Waals surface area contributed by atoms with E-state index >= 15 is 0 Å². The average molecular weight is 809 g/mol. The van der Waals surface area contributed by atoms with Gasteiger partial charge in [0, 0.05) is 39.2 Å². The van der Waals surface area contributed by atoms with Gasteiger partial charge in [-0.1, -0.05) is 183 Å². The van der Waals surface area contributed by atoms with Crippen LogP contribution >= 0.6 is 0 Å². The molecule has 0 atom stereocenters. The van der Waals surface area contributed by atoms with Crippen molar-refractivity contribution in [3.63, 3.8) is 0 Å². The van der Waals surface area contributed by atoms with E-state index < -0.39 is 0 Å². The third kappa shape index (κ3) is 6.95. The van der Waals surface area contributed by atoms with Crippen LogP contribution < -0.4 is 9.80 Å². The summed E-state index contributed by atoms with van der Waals surface area (Å²) in [5.74, 6) is 0. The number of hydrogen-bond acceptors (Lipinski definition) is 2. The molecule has 0 amide bonds. The van der Waals surface area contributed by atoms with E-state index in [1.54, 1.807) is 5.57 Å². The summed E-state index contributed by atoms with van der Waals surface area (Å²) in [4.78, 5) is 4.81. The standard InChI is InChI=1S/C61H48N2/c1-61(2)58-28-15-14-26-55(58)56-38-37-52(42-59(56)61)63(48-22-10-5-11-23-48)60-40-39-53(54-25-12-13-27-57(54)60)46-31-35-50(36-32-46)62(49-33-29-45(30-34-49)43-17-6-3-7-18-43)51-24-16-21-47(41-51)44-19-8-4-9-20-44/h3-14,16-27,29-42H,15,28H2,1-2H3. The van der Waals surface area contributed by atoms with Crippen molar-refractivity contribution in [1.29, 1.82) is 0 Å². The van der Waals surface area contributed by atoms with Gasteiger partial charge in [-0.15, -0.1) is 0 Å². The molecule has 2 aliphatic rings. The van der Waals surface area contributed by atoms with Crippen LogP contribution in [0.25, 0.3) is 49.7 Å². The Morgan fingerprint density at radius 3 is 1.59 bits per heavy atom. The zero-order valence-corrected chi connectivity index (χ0v) is 35.7. The Hall–Kier alpha value is -7.68. The summed E-state index contributed by atoms with van der Waals surface area (Å²) in [6, 6.07) is 79.6. The Morgan fingerprint density at radius 2 is 0.889 bits per heavy atom. The fourth-order valence-corrected chi connectivity index (χ4v) is 10.0. The van der Waals surface area contributed by atoms with Gasteiger partial charge in [0.05, 0.1) is 5.69 Å². The third-order valence-corrected chi connectivity index (χ3v) is 13.2. The lowest BCUT2D eigenvalue weighted by Gasteiger charge is -2.30. The zero-order valence-electron chi connectivity index (χ0n) is 35.7. The summed E-state index contributed by atoms with van der Waals surface area (Å²) in [5.41, 5.74) is 19.7. The van der Waals surface area contributed by atoms with Gasteiger partial charge in [0.2, 0.25) is 0 Å². The molecule has 302 valence electrons. The molecule has 2 nitrogen and oxygen atoms in total. The van der Waals surface area contributed by atoms with Crippen LogP contribution in [0.1, 0.15) is 37.8 Å². The summed E-state index contributed by atoms with van der Waals surface area (Å²) < 4.78 is 0. The van der Waals surface area contributed by atoms with Crippen molar-refractivity contribution in [3.8, 4) is 33.4 Å². The number of para-hydroxylation sites is 1. The molecule has 63 heavy (non-hydrogen) atoms. The summed E-state index contributed by atoms with van der Waals surface area (Å²) in [5, 5.41) is 2.43. The Bertz CT molecular complexity index is 3160. The summed E-state index contributed by atoms with van der Waals surface area (Å²) in [6.45, 7) is 4.81. The van der Waals surface area contributed by atoms with Crippen molar-refractivity contribution in [1.82, 2.24) is 0 Å². The Kier molecular flexibility index (Phi) is 9.70. The first-order valence-corrected chi connectivity index (χ1v) is 22.1. The highest BCUT2D eigenvalue weighted by Crippen LogP contribution is 2.52. The lowest BCUT2D eigenvalue weighted by atomic mass is 9.78. The maximum Gasteiger partial charge on any atom is 0.0540 e. The van der Waals surface area contributed by atoms with Crippen LogP contribution in [-0.4, -0.2) is 0 Å². The third-order valence-electron chi connectivity index (χ3n) is 13.2. The second kappa shape index (κ2) is 16.0. The van der Waals surface area contributed by atoms with Gasteiger partial charge < -0.3 is 9.80 Å². The number of nitrogens with zero attached hydrogens (tertiary/aromatic N) is 2. The largest absolute Gasteiger partial charge is 0.310 e. The highest BCUT2D eigenvalue weighted by Gasteiger charge is 2.38. The van der Waals surface area contributed by atoms with E-state index in [4.69, 9.17) is 0 Å². The van der Waals surface area contributed by atoms with Crippen LogP contribution in [0, 0.1) is 0 Å². The molecule has 11 rings (SSSR count). The van der Waals surface area contributed by atoms with E-state index in [2.05, 4.69) is 254 Å². The fourth-order valence-electron chi connectivity index (χ4n) is 10.0. The van der Waals surface area contributed by atoms with Crippen molar-refractivity contribution in [2.75, 3.05) is 9.80 Å². The number of benzene rings is 9. The molecule has 0 radical (unpaired) electrons. The van der Waals surface area contributed by atoms with Gasteiger partial charge in [-0.25, -0.2) is 0 Å². The van der Waals surface area contributed by atoms with Crippen LogP contribution in [0.4, 0.5) is 34.1 Å². The number of rotatable bonds is 9. The monoisotopic (exact) mass is 808 g/mol. The first-order chi connectivity index (χ1) is 31.0. The minimum atomic E-state index is -0.0161. The van der Waals surface area contributed by atoms with E-state index in [9.17, 15) is 0 Å². The normalized spacial score (nSPS) is 13.7. The minimum absolute atomic E-state index is 0.0161. The van der Waals surface area contributed by atoms with Crippen molar-refractivity contribution >= 4 is 50.5 Å². The topological polar surface area (TPSA) is 6.48 Å². The van der Waals surface area contributed by atoms with E-state index in [0.29, 0.717) is 0 Å². The molecule has 0 aliphatic heterocycles. The number of allylic oxidation sites excluding steroid dienone is 4. The summed E-state index contributed by atoms with van der Waals surface area (Å²) >= 11 is 0. The Balaban J connectivity index is 0.990. The molecule has 0 saturated heterocycles. The van der Waals surface area contributed by atoms with E-state index in [0.717, 1.165) is 41.3 Å². The van der Waals surface area contributed by atoms with Gasteiger partial charge in [0.1, 0.15) is 0 Å². The van der Waals surface area contributed by atoms with Crippen LogP contribution in [-0.2, 0) is 5.41 Å². The van der Waals surface area contributed by atoms with Crippen LogP contribution in [0.3, 0.4) is 0 Å². The van der Waals surface area contributed by atoms with Crippen LogP contribution in [0.5, 0.6) is 0 Å². The van der Waals surface area contributed by atoms with Crippen LogP contribution in [0.15, 0.2) is 236 Å². The van der Waals surface area contributed by atoms with Crippen molar-refractivity contribution < 1.29 is 0 Å². The van der Waals surface area contributed by atoms with Gasteiger partial charge in [-0.05, 0) is 135 Å². The first kappa shape index (κ1) is 38.3. The van der Waals surface area contributed by atoms with Gasteiger partial charge >= 0.3 is 0 Å². The number of anilines is 6. The van der Waals surface area contributed by atoms with Crippen molar-refractivity contribution in [2.24, 2.45) is 0 Å². The molecular weight excluding hydrogens is 761 g/mol. The maximum absolute atomic E-state index is 2.45. The van der Waals surface area contributed by atoms with Gasteiger partial charge in [-0.3, -0.25) is 0 Å². The highest BCUT2D eigenvalue weighted by molar-refractivity contribution is 6.06. The Labute approximate surface area is 371 Å². The predicted octanol–water partition coefficient (Wildman–Crippen LogP) is 17.2. The molecule has 2 heteroatoms. The molecule has 0 heterocycles. The summed E-state index contributed by atoms with van der Waals surface area (Å²) in [7, 11) is 0. The van der Waals surface area contributed by atoms with E-state index in [-0.39, 0.29) is 5.41 Å². The molecule has 2 aliphatic carbocycles. The smallest absolute Gasteiger partial charge is 0.0540 e. The molecular formula is C61H48N2. The SMILES string of the molecule is CC1(C)C2=C(C=CCC2)c2ccc(N(c3ccccc3)c3ccc(-c4ccc(N(c5ccc(-c6ccccc6)cc5)c5cccc(-c6ccccc6)c5)cc4)c4ccccc34)cc21. The summed E-state index contributed by atoms with van der Waals surface area (Å²) in [6.07, 6.45) is 6.93. The second-order valence-corrected chi connectivity index (χ2v) is 17.2. The molecule has 0 aromatic heterocycles. The lowest BCUT2D eigenvalue weighted by Crippen LogP contribution is -2.19. The fraction of sp³-hybridized carbons (Fsp3) is 0.0820. The van der Waals surface area contributed by atoms with Gasteiger partial charge in [0.15, 0.2) is 0 Å². The molecule has 0 spiro atoms. The number of fused-ring (bicyclic) bond motifs is 3. The second-order valence-electron chi connectivity index (χ2n) is 17.2. The Morgan fingerprint density at radius 1 is 0.381 bits per heavy atom. The predicted molar refractivity (Wildman–Crippen MR) is 268 cm³/mol. The lowest BCUT2D eigenvalue weighted by molar-refractivity contribution is 0.607. The zero-order chi connectivity index (χ0) is 42.3. The number of hydrogen-bond donors (Lipinski definition) is 0. The maximum atomic E-state index is 2.45. The van der Waals surface area contributed by atoms with Crippen LogP contribution in [0.2, 0.25) is 0 Å². The molecule has 9 aromatic carbocycles. The average Bonchev–Trinajstić information content (AvgIpc) is 3.58. The minimum Gasteiger partial charge on any atom is -0.310 e. The quantitative estimate of drug-likeness (QED) is 0.143. The molecule has 0 unspecified atom stereocenters. The van der Waals surface area contributed by atoms with Crippen molar-refractivity contribution in [3.05, 3.63) is 247 Å². The molecule has 0 N–H and O–H groups in total. The van der Waals surface area contributed by atoms with Gasteiger partial charge in [-0.2, -0.15) is 0 Å². The van der Waals surface area contributed by atoms with Crippen molar-refractivity contribution in [2.45, 2.75) is 32.1 Å². The molecule has 0 fully saturated rings. The van der Waals surface area contributed by atoms with Gasteiger partial charge in [0.25, 0.3) is 0 Å². The molecule has 9 aromatic rings. The first-order valence-electron chi connectivity index (χ1n) is 22.1. The molecule has 0 bridgehead atoms. The highest BCUT2D eigenvalue weighted by atomic mass is 15.1. The van der Waals surface area contributed by atoms with E-state index in [1.165, 1.54) is 66.5 Å².